The lowest BCUT2D eigenvalue weighted by Crippen LogP contribution is -2.07. The van der Waals surface area contributed by atoms with Gasteiger partial charge < -0.3 is 14.2 Å². The van der Waals surface area contributed by atoms with Gasteiger partial charge in [0.2, 0.25) is 0 Å². The number of benzene rings is 2. The number of carbonyl (C=O) groups excluding carboxylic acids is 1. The van der Waals surface area contributed by atoms with Crippen LogP contribution in [0.3, 0.4) is 0 Å². The largest absolute Gasteiger partial charge is 0.496 e. The Bertz CT molecular complexity index is 865. The van der Waals surface area contributed by atoms with Crippen LogP contribution in [0.2, 0.25) is 0 Å². The molecular weight excluding hydrogens is 348 g/mol. The number of hydrogen-bond acceptors (Lipinski definition) is 8. The predicted molar refractivity (Wildman–Crippen MR) is 88.4 cm³/mol. The molecule has 0 heterocycles. The Morgan fingerprint density at radius 3 is 2.19 bits per heavy atom. The molecule has 0 spiro atoms. The van der Waals surface area contributed by atoms with E-state index in [2.05, 4.69) is 0 Å². The SMILES string of the molecule is COc1ccc([N+](=O)[O-])cc1COC(=O)c1ccc(OC)c([N+](=O)[O-])c1. The summed E-state index contributed by atoms with van der Waals surface area (Å²) in [4.78, 5) is 32.8. The summed E-state index contributed by atoms with van der Waals surface area (Å²) in [5, 5.41) is 21.9. The molecule has 2 rings (SSSR count). The lowest BCUT2D eigenvalue weighted by molar-refractivity contribution is -0.385. The highest BCUT2D eigenvalue weighted by atomic mass is 16.6. The standard InChI is InChI=1S/C16H14N2O8/c1-24-14-6-4-12(17(20)21)7-11(14)9-26-16(19)10-3-5-15(25-2)13(8-10)18(22)23/h3-8H,9H2,1-2H3. The van der Waals surface area contributed by atoms with E-state index in [9.17, 15) is 25.0 Å². The van der Waals surface area contributed by atoms with Gasteiger partial charge in [0.25, 0.3) is 5.69 Å². The zero-order valence-corrected chi connectivity index (χ0v) is 13.8. The summed E-state index contributed by atoms with van der Waals surface area (Å²) in [5.74, 6) is -0.514. The average Bonchev–Trinajstić information content (AvgIpc) is 2.64. The van der Waals surface area contributed by atoms with Crippen molar-refractivity contribution in [2.45, 2.75) is 6.61 Å². The molecule has 0 N–H and O–H groups in total. The first-order valence-electron chi connectivity index (χ1n) is 7.18. The Hall–Kier alpha value is -3.69. The first-order chi connectivity index (χ1) is 12.4. The lowest BCUT2D eigenvalue weighted by Gasteiger charge is -2.10. The van der Waals surface area contributed by atoms with Crippen LogP contribution in [-0.2, 0) is 11.3 Å². The monoisotopic (exact) mass is 362 g/mol. The van der Waals surface area contributed by atoms with Gasteiger partial charge in [0.15, 0.2) is 5.75 Å². The van der Waals surface area contributed by atoms with E-state index in [1.165, 1.54) is 44.6 Å². The Kier molecular flexibility index (Phi) is 5.68. The van der Waals surface area contributed by atoms with E-state index in [-0.39, 0.29) is 34.9 Å². The summed E-state index contributed by atoms with van der Waals surface area (Å²) in [6.07, 6.45) is 0. The fourth-order valence-electron chi connectivity index (χ4n) is 2.18. The number of hydrogen-bond donors (Lipinski definition) is 0. The van der Waals surface area contributed by atoms with Crippen LogP contribution in [0.5, 0.6) is 11.5 Å². The van der Waals surface area contributed by atoms with Gasteiger partial charge in [-0.25, -0.2) is 4.79 Å². The Labute approximate surface area is 147 Å². The number of carbonyl (C=O) groups is 1. The molecule has 2 aromatic carbocycles. The second-order valence-corrected chi connectivity index (χ2v) is 4.97. The van der Waals surface area contributed by atoms with Gasteiger partial charge in [-0.2, -0.15) is 0 Å². The molecule has 0 aromatic heterocycles. The number of methoxy groups -OCH3 is 2. The summed E-state index contributed by atoms with van der Waals surface area (Å²) in [5.41, 5.74) is -0.327. The number of non-ortho nitro benzene ring substituents is 1. The maximum atomic E-state index is 12.2. The Balaban J connectivity index is 2.21. The van der Waals surface area contributed by atoms with Crippen LogP contribution in [0.1, 0.15) is 15.9 Å². The highest BCUT2D eigenvalue weighted by molar-refractivity contribution is 5.90. The van der Waals surface area contributed by atoms with Gasteiger partial charge in [0.1, 0.15) is 12.4 Å². The lowest BCUT2D eigenvalue weighted by atomic mass is 10.1. The maximum absolute atomic E-state index is 12.2. The minimum Gasteiger partial charge on any atom is -0.496 e. The van der Waals surface area contributed by atoms with Gasteiger partial charge in [0.05, 0.1) is 29.6 Å². The van der Waals surface area contributed by atoms with Crippen molar-refractivity contribution in [3.63, 3.8) is 0 Å². The highest BCUT2D eigenvalue weighted by Crippen LogP contribution is 2.28. The molecule has 26 heavy (non-hydrogen) atoms. The summed E-state index contributed by atoms with van der Waals surface area (Å²) in [7, 11) is 2.65. The van der Waals surface area contributed by atoms with Gasteiger partial charge in [-0.05, 0) is 18.2 Å². The van der Waals surface area contributed by atoms with Crippen molar-refractivity contribution in [1.29, 1.82) is 0 Å². The van der Waals surface area contributed by atoms with Crippen molar-refractivity contribution in [2.24, 2.45) is 0 Å². The second-order valence-electron chi connectivity index (χ2n) is 4.97. The van der Waals surface area contributed by atoms with Crippen LogP contribution in [0.25, 0.3) is 0 Å². The van der Waals surface area contributed by atoms with E-state index in [0.717, 1.165) is 6.07 Å². The first-order valence-corrected chi connectivity index (χ1v) is 7.18. The van der Waals surface area contributed by atoms with Crippen LogP contribution >= 0.6 is 0 Å². The molecule has 2 aromatic rings. The normalized spacial score (nSPS) is 10.1. The fraction of sp³-hybridized carbons (Fsp3) is 0.188. The molecule has 0 saturated carbocycles. The van der Waals surface area contributed by atoms with Crippen molar-refractivity contribution >= 4 is 17.3 Å². The number of esters is 1. The van der Waals surface area contributed by atoms with Gasteiger partial charge >= 0.3 is 11.7 Å². The number of nitrogens with zero attached hydrogens (tertiary/aromatic N) is 2. The van der Waals surface area contributed by atoms with Crippen molar-refractivity contribution in [1.82, 2.24) is 0 Å². The molecule has 136 valence electrons. The summed E-state index contributed by atoms with van der Waals surface area (Å²) in [6, 6.07) is 7.51. The van der Waals surface area contributed by atoms with E-state index in [1.54, 1.807) is 0 Å². The zero-order valence-electron chi connectivity index (χ0n) is 13.8. The third-order valence-electron chi connectivity index (χ3n) is 3.44. The van der Waals surface area contributed by atoms with Crippen molar-refractivity contribution in [2.75, 3.05) is 14.2 Å². The number of nitro benzene ring substituents is 2. The molecule has 0 radical (unpaired) electrons. The van der Waals surface area contributed by atoms with Crippen LogP contribution in [0.4, 0.5) is 11.4 Å². The minimum atomic E-state index is -0.829. The number of ether oxygens (including phenoxy) is 3. The smallest absolute Gasteiger partial charge is 0.338 e. The third-order valence-corrected chi connectivity index (χ3v) is 3.44. The molecule has 0 fully saturated rings. The van der Waals surface area contributed by atoms with Crippen molar-refractivity contribution in [3.05, 3.63) is 67.8 Å². The zero-order chi connectivity index (χ0) is 19.3. The third kappa shape index (κ3) is 4.04. The predicted octanol–water partition coefficient (Wildman–Crippen LogP) is 2.88. The molecule has 0 saturated heterocycles. The number of nitro groups is 2. The quantitative estimate of drug-likeness (QED) is 0.417. The molecule has 0 unspecified atom stereocenters. The van der Waals surface area contributed by atoms with Crippen LogP contribution in [-0.4, -0.2) is 30.0 Å². The van der Waals surface area contributed by atoms with Crippen LogP contribution < -0.4 is 9.47 Å². The molecule has 0 aliphatic rings. The minimum absolute atomic E-state index is 0.00639. The molecule has 10 heteroatoms. The van der Waals surface area contributed by atoms with E-state index in [4.69, 9.17) is 14.2 Å². The van der Waals surface area contributed by atoms with E-state index < -0.39 is 15.8 Å². The average molecular weight is 362 g/mol. The first kappa shape index (κ1) is 18.6. The highest BCUT2D eigenvalue weighted by Gasteiger charge is 2.20. The summed E-state index contributed by atoms with van der Waals surface area (Å²) < 4.78 is 15.0. The van der Waals surface area contributed by atoms with Gasteiger partial charge in [0, 0.05) is 23.8 Å². The van der Waals surface area contributed by atoms with E-state index >= 15 is 0 Å². The molecule has 10 nitrogen and oxygen atoms in total. The van der Waals surface area contributed by atoms with Gasteiger partial charge in [-0.1, -0.05) is 0 Å². The maximum Gasteiger partial charge on any atom is 0.338 e. The topological polar surface area (TPSA) is 131 Å². The van der Waals surface area contributed by atoms with Crippen molar-refractivity contribution < 1.29 is 28.9 Å². The van der Waals surface area contributed by atoms with Crippen molar-refractivity contribution in [3.8, 4) is 11.5 Å². The molecule has 0 aliphatic carbocycles. The molecule has 0 atom stereocenters. The fourth-order valence-corrected chi connectivity index (χ4v) is 2.18. The second kappa shape index (κ2) is 7.92. The Morgan fingerprint density at radius 2 is 1.62 bits per heavy atom. The van der Waals surface area contributed by atoms with Gasteiger partial charge in [-0.15, -0.1) is 0 Å². The Morgan fingerprint density at radius 1 is 0.962 bits per heavy atom. The molecule has 0 aliphatic heterocycles. The number of rotatable bonds is 7. The molecule has 0 bridgehead atoms. The molecular formula is C16H14N2O8. The summed E-state index contributed by atoms with van der Waals surface area (Å²) in [6.45, 7) is -0.302. The van der Waals surface area contributed by atoms with E-state index in [1.807, 2.05) is 0 Å². The summed E-state index contributed by atoms with van der Waals surface area (Å²) >= 11 is 0. The van der Waals surface area contributed by atoms with Crippen LogP contribution in [0, 0.1) is 20.2 Å². The van der Waals surface area contributed by atoms with Gasteiger partial charge in [-0.3, -0.25) is 20.2 Å². The van der Waals surface area contributed by atoms with E-state index in [0.29, 0.717) is 5.75 Å². The van der Waals surface area contributed by atoms with Crippen LogP contribution in [0.15, 0.2) is 36.4 Å². The molecule has 0 amide bonds.